The maximum Gasteiger partial charge on any atom is 0.178 e. The third-order valence-corrected chi connectivity index (χ3v) is 4.46. The second-order valence-electron chi connectivity index (χ2n) is 4.33. The minimum absolute atomic E-state index is 0.0508. The van der Waals surface area contributed by atoms with Crippen LogP contribution in [0, 0.1) is 5.82 Å². The van der Waals surface area contributed by atoms with Crippen LogP contribution in [-0.2, 0) is 19.4 Å². The SMILES string of the molecule is COC(CCS(=O)(=O)c1cccc(F)c1)CC(C)=O. The quantitative estimate of drug-likeness (QED) is 0.770. The van der Waals surface area contributed by atoms with Crippen molar-refractivity contribution >= 4 is 15.6 Å². The highest BCUT2D eigenvalue weighted by molar-refractivity contribution is 7.91. The molecule has 0 aliphatic rings. The number of sulfone groups is 1. The van der Waals surface area contributed by atoms with Crippen LogP contribution in [0.4, 0.5) is 4.39 Å². The second kappa shape index (κ2) is 6.77. The van der Waals surface area contributed by atoms with E-state index in [1.807, 2.05) is 0 Å². The number of carbonyl (C=O) groups is 1. The summed E-state index contributed by atoms with van der Waals surface area (Å²) >= 11 is 0. The first-order valence-corrected chi connectivity index (χ1v) is 7.51. The number of ether oxygens (including phenoxy) is 1. The van der Waals surface area contributed by atoms with Gasteiger partial charge in [-0.2, -0.15) is 0 Å². The van der Waals surface area contributed by atoms with Crippen LogP contribution in [-0.4, -0.2) is 33.2 Å². The highest BCUT2D eigenvalue weighted by atomic mass is 32.2. The maximum absolute atomic E-state index is 13.0. The van der Waals surface area contributed by atoms with Crippen LogP contribution in [0.5, 0.6) is 0 Å². The van der Waals surface area contributed by atoms with Crippen molar-refractivity contribution in [3.8, 4) is 0 Å². The Morgan fingerprint density at radius 2 is 2.11 bits per heavy atom. The number of methoxy groups -OCH3 is 1. The number of halogens is 1. The van der Waals surface area contributed by atoms with Gasteiger partial charge in [0, 0.05) is 13.5 Å². The lowest BCUT2D eigenvalue weighted by Gasteiger charge is -2.13. The van der Waals surface area contributed by atoms with E-state index in [0.29, 0.717) is 0 Å². The third-order valence-electron chi connectivity index (χ3n) is 2.71. The normalized spacial score (nSPS) is 13.2. The smallest absolute Gasteiger partial charge is 0.178 e. The van der Waals surface area contributed by atoms with Gasteiger partial charge in [-0.1, -0.05) is 6.07 Å². The summed E-state index contributed by atoms with van der Waals surface area (Å²) in [5, 5.41) is 0. The Hall–Kier alpha value is -1.27. The zero-order valence-electron chi connectivity index (χ0n) is 10.9. The maximum atomic E-state index is 13.0. The first kappa shape index (κ1) is 15.8. The Labute approximate surface area is 112 Å². The predicted molar refractivity (Wildman–Crippen MR) is 69.2 cm³/mol. The van der Waals surface area contributed by atoms with Gasteiger partial charge >= 0.3 is 0 Å². The predicted octanol–water partition coefficient (Wildman–Crippen LogP) is 1.98. The molecule has 1 rings (SSSR count). The number of benzene rings is 1. The Balaban J connectivity index is 2.72. The van der Waals surface area contributed by atoms with Crippen molar-refractivity contribution in [1.82, 2.24) is 0 Å². The first-order valence-electron chi connectivity index (χ1n) is 5.85. The van der Waals surface area contributed by atoms with Gasteiger partial charge in [-0.3, -0.25) is 4.79 Å². The van der Waals surface area contributed by atoms with Crippen molar-refractivity contribution < 1.29 is 22.3 Å². The van der Waals surface area contributed by atoms with Crippen LogP contribution < -0.4 is 0 Å². The Kier molecular flexibility index (Phi) is 5.62. The molecular weight excluding hydrogens is 271 g/mol. The highest BCUT2D eigenvalue weighted by Crippen LogP contribution is 2.15. The van der Waals surface area contributed by atoms with E-state index in [-0.39, 0.29) is 29.3 Å². The zero-order chi connectivity index (χ0) is 14.5. The summed E-state index contributed by atoms with van der Waals surface area (Å²) in [7, 11) is -2.12. The molecule has 19 heavy (non-hydrogen) atoms. The molecule has 0 aliphatic carbocycles. The number of Topliss-reactive ketones (excluding diaryl/α,β-unsaturated/α-hetero) is 1. The van der Waals surface area contributed by atoms with E-state index < -0.39 is 21.8 Å². The fraction of sp³-hybridized carbons (Fsp3) is 0.462. The molecule has 0 spiro atoms. The molecule has 1 aromatic carbocycles. The third kappa shape index (κ3) is 5.08. The van der Waals surface area contributed by atoms with Crippen LogP contribution in [0.3, 0.4) is 0 Å². The fourth-order valence-electron chi connectivity index (χ4n) is 1.69. The molecule has 0 saturated heterocycles. The summed E-state index contributed by atoms with van der Waals surface area (Å²) in [5.74, 6) is -0.828. The van der Waals surface area contributed by atoms with E-state index >= 15 is 0 Å². The van der Waals surface area contributed by atoms with Crippen molar-refractivity contribution in [2.24, 2.45) is 0 Å². The number of rotatable bonds is 7. The zero-order valence-corrected chi connectivity index (χ0v) is 11.7. The van der Waals surface area contributed by atoms with Crippen LogP contribution in [0.2, 0.25) is 0 Å². The van der Waals surface area contributed by atoms with Crippen LogP contribution in [0.25, 0.3) is 0 Å². The molecule has 4 nitrogen and oxygen atoms in total. The minimum atomic E-state index is -3.56. The van der Waals surface area contributed by atoms with E-state index in [0.717, 1.165) is 6.07 Å². The molecule has 0 aliphatic heterocycles. The number of carbonyl (C=O) groups excluding carboxylic acids is 1. The van der Waals surface area contributed by atoms with Gasteiger partial charge in [0.25, 0.3) is 0 Å². The molecule has 0 amide bonds. The molecule has 0 bridgehead atoms. The van der Waals surface area contributed by atoms with Crippen molar-refractivity contribution in [3.63, 3.8) is 0 Å². The van der Waals surface area contributed by atoms with Crippen molar-refractivity contribution in [2.75, 3.05) is 12.9 Å². The monoisotopic (exact) mass is 288 g/mol. The van der Waals surface area contributed by atoms with Crippen LogP contribution in [0.1, 0.15) is 19.8 Å². The first-order chi connectivity index (χ1) is 8.85. The summed E-state index contributed by atoms with van der Waals surface area (Å²) in [6.45, 7) is 1.42. The lowest BCUT2D eigenvalue weighted by molar-refractivity contribution is -0.119. The molecule has 1 unspecified atom stereocenters. The molecule has 0 fully saturated rings. The minimum Gasteiger partial charge on any atom is -0.381 e. The summed E-state index contributed by atoms with van der Waals surface area (Å²) < 4.78 is 42.0. The van der Waals surface area contributed by atoms with Gasteiger partial charge in [0.1, 0.15) is 11.6 Å². The Morgan fingerprint density at radius 1 is 1.42 bits per heavy atom. The van der Waals surface area contributed by atoms with Gasteiger partial charge < -0.3 is 4.74 Å². The van der Waals surface area contributed by atoms with E-state index in [1.54, 1.807) is 0 Å². The van der Waals surface area contributed by atoms with Gasteiger partial charge in [-0.05, 0) is 31.5 Å². The average Bonchev–Trinajstić information content (AvgIpc) is 2.34. The van der Waals surface area contributed by atoms with Crippen molar-refractivity contribution in [3.05, 3.63) is 30.1 Å². The summed E-state index contributed by atoms with van der Waals surface area (Å²) in [6.07, 6.45) is -0.0507. The fourth-order valence-corrected chi connectivity index (χ4v) is 3.08. The summed E-state index contributed by atoms with van der Waals surface area (Å²) in [4.78, 5) is 10.9. The molecule has 0 saturated carbocycles. The summed E-state index contributed by atoms with van der Waals surface area (Å²) in [5.41, 5.74) is 0. The van der Waals surface area contributed by atoms with Crippen molar-refractivity contribution in [2.45, 2.75) is 30.8 Å². The van der Waals surface area contributed by atoms with E-state index in [2.05, 4.69) is 0 Å². The summed E-state index contributed by atoms with van der Waals surface area (Å²) in [6, 6.07) is 4.88. The average molecular weight is 288 g/mol. The molecule has 0 radical (unpaired) electrons. The van der Waals surface area contributed by atoms with Gasteiger partial charge in [-0.15, -0.1) is 0 Å². The van der Waals surface area contributed by atoms with Crippen molar-refractivity contribution in [1.29, 1.82) is 0 Å². The molecule has 0 heterocycles. The standard InChI is InChI=1S/C13H17FO4S/c1-10(15)8-12(18-2)6-7-19(16,17)13-5-3-4-11(14)9-13/h3-5,9,12H,6-8H2,1-2H3. The highest BCUT2D eigenvalue weighted by Gasteiger charge is 2.19. The molecule has 0 N–H and O–H groups in total. The number of hydrogen-bond acceptors (Lipinski definition) is 4. The lowest BCUT2D eigenvalue weighted by atomic mass is 10.1. The largest absolute Gasteiger partial charge is 0.381 e. The van der Waals surface area contributed by atoms with Gasteiger partial charge in [0.2, 0.25) is 0 Å². The Bertz CT molecular complexity index is 539. The van der Waals surface area contributed by atoms with Gasteiger partial charge in [-0.25, -0.2) is 12.8 Å². The molecule has 0 aromatic heterocycles. The molecular formula is C13H17FO4S. The molecule has 1 atom stereocenters. The van der Waals surface area contributed by atoms with Gasteiger partial charge in [0.05, 0.1) is 16.8 Å². The molecule has 6 heteroatoms. The molecule has 1 aromatic rings. The van der Waals surface area contributed by atoms with Crippen LogP contribution in [0.15, 0.2) is 29.2 Å². The second-order valence-corrected chi connectivity index (χ2v) is 6.44. The lowest BCUT2D eigenvalue weighted by Crippen LogP contribution is -2.19. The topological polar surface area (TPSA) is 60.4 Å². The molecule has 106 valence electrons. The Morgan fingerprint density at radius 3 is 2.63 bits per heavy atom. The van der Waals surface area contributed by atoms with E-state index in [1.165, 1.54) is 32.2 Å². The van der Waals surface area contributed by atoms with Gasteiger partial charge in [0.15, 0.2) is 9.84 Å². The van der Waals surface area contributed by atoms with E-state index in [9.17, 15) is 17.6 Å². The number of ketones is 1. The van der Waals surface area contributed by atoms with Crippen LogP contribution >= 0.6 is 0 Å². The van der Waals surface area contributed by atoms with E-state index in [4.69, 9.17) is 4.74 Å². The number of hydrogen-bond donors (Lipinski definition) is 0.